The molecule has 0 aromatic heterocycles. The van der Waals surface area contributed by atoms with Crippen molar-refractivity contribution >= 4 is 37.6 Å². The molecule has 0 saturated carbocycles. The number of hydrogen-bond acceptors (Lipinski definition) is 4. The molecule has 0 atom stereocenters. The highest BCUT2D eigenvalue weighted by atomic mass is 32.2. The lowest BCUT2D eigenvalue weighted by Gasteiger charge is -1.95. The molecular formula is C4H8N2O3S2. The zero-order valence-electron chi connectivity index (χ0n) is 5.47. The maximum absolute atomic E-state index is 9.47. The minimum absolute atomic E-state index is 0.472. The van der Waals surface area contributed by atoms with Crippen molar-refractivity contribution in [3.8, 4) is 0 Å². The van der Waals surface area contributed by atoms with E-state index in [-0.39, 0.29) is 0 Å². The molecule has 0 aromatic carbocycles. The highest BCUT2D eigenvalue weighted by Crippen LogP contribution is 1.94. The Labute approximate surface area is 74.9 Å². The molecule has 0 radical (unpaired) electrons. The summed E-state index contributed by atoms with van der Waals surface area (Å²) in [5.74, 6) is -0.481. The second-order valence-corrected chi connectivity index (χ2v) is 2.29. The van der Waals surface area contributed by atoms with Gasteiger partial charge in [-0.15, -0.1) is 0 Å². The molecule has 0 saturated heterocycles. The lowest BCUT2D eigenvalue weighted by atomic mass is 10.6. The predicted octanol–water partition coefficient (Wildman–Crippen LogP) is 0.314. The molecule has 11 heavy (non-hydrogen) atoms. The molecule has 0 bridgehead atoms. The van der Waals surface area contributed by atoms with E-state index < -0.39 is 12.0 Å². The van der Waals surface area contributed by atoms with Gasteiger partial charge in [0.1, 0.15) is 0 Å². The van der Waals surface area contributed by atoms with Crippen LogP contribution in [0.15, 0.2) is 12.7 Å². The molecule has 0 rings (SSSR count). The van der Waals surface area contributed by atoms with Crippen LogP contribution in [0.1, 0.15) is 0 Å². The first-order chi connectivity index (χ1) is 4.91. The molecule has 7 heteroatoms. The van der Waals surface area contributed by atoms with Crippen LogP contribution in [0.25, 0.3) is 0 Å². The highest BCUT2D eigenvalue weighted by Gasteiger charge is 1.95. The summed E-state index contributed by atoms with van der Waals surface area (Å²) in [5, 5.41) is 7.76. The summed E-state index contributed by atoms with van der Waals surface area (Å²) in [7, 11) is 0. The monoisotopic (exact) mass is 196 g/mol. The topological polar surface area (TPSA) is 83.6 Å². The van der Waals surface area contributed by atoms with E-state index in [0.717, 1.165) is 6.08 Å². The largest absolute Gasteiger partial charge is 0.464 e. The first kappa shape index (κ1) is 12.8. The standard InChI is InChI=1S/C3H5NO.CH3NO2S2/c1-2-3(4)5;3-1(4)2(5)6/h2H,1H2,(H2,4,5);5-6H,(H,3,4). The third-order valence-corrected chi connectivity index (χ3v) is 0.714. The molecule has 0 aliphatic rings. The zero-order valence-corrected chi connectivity index (χ0v) is 7.26. The fourth-order valence-corrected chi connectivity index (χ4v) is 0. The molecule has 0 spiro atoms. The van der Waals surface area contributed by atoms with Gasteiger partial charge in [-0.2, -0.15) is 3.71 Å². The maximum Gasteiger partial charge on any atom is 0.427 e. The van der Waals surface area contributed by atoms with Gasteiger partial charge in [0.05, 0.1) is 0 Å². The summed E-state index contributed by atoms with van der Waals surface area (Å²) in [6.45, 7) is 3.09. The summed E-state index contributed by atoms with van der Waals surface area (Å²) in [5.41, 5.74) is 4.53. The summed E-state index contributed by atoms with van der Waals surface area (Å²) >= 11 is 6.58. The van der Waals surface area contributed by atoms with Gasteiger partial charge in [0.25, 0.3) is 0 Å². The molecule has 3 N–H and O–H groups in total. The average Bonchev–Trinajstić information content (AvgIpc) is 1.89. The number of primary amides is 1. The van der Waals surface area contributed by atoms with Crippen molar-refractivity contribution in [2.75, 3.05) is 0 Å². The molecule has 0 aliphatic carbocycles. The summed E-state index contributed by atoms with van der Waals surface area (Å²) in [4.78, 5) is 18.9. The summed E-state index contributed by atoms with van der Waals surface area (Å²) in [6.07, 6.45) is -0.123. The molecule has 0 aliphatic heterocycles. The Morgan fingerprint density at radius 2 is 1.73 bits per heavy atom. The second-order valence-electron chi connectivity index (χ2n) is 1.18. The van der Waals surface area contributed by atoms with Crippen molar-refractivity contribution < 1.29 is 14.7 Å². The van der Waals surface area contributed by atoms with Crippen LogP contribution in [0.3, 0.4) is 0 Å². The van der Waals surface area contributed by atoms with E-state index >= 15 is 0 Å². The van der Waals surface area contributed by atoms with E-state index in [9.17, 15) is 9.59 Å². The number of rotatable bonds is 1. The minimum atomic E-state index is -1.18. The van der Waals surface area contributed by atoms with Crippen LogP contribution in [0.5, 0.6) is 0 Å². The third kappa shape index (κ3) is 17.6. The average molecular weight is 196 g/mol. The van der Waals surface area contributed by atoms with Crippen molar-refractivity contribution in [1.82, 2.24) is 3.71 Å². The van der Waals surface area contributed by atoms with Gasteiger partial charge in [0.15, 0.2) is 0 Å². The van der Waals surface area contributed by atoms with E-state index in [4.69, 9.17) is 5.11 Å². The molecule has 0 unspecified atom stereocenters. The molecule has 0 fully saturated rings. The zero-order chi connectivity index (χ0) is 9.44. The summed E-state index contributed by atoms with van der Waals surface area (Å²) in [6, 6.07) is 0. The van der Waals surface area contributed by atoms with Gasteiger partial charge >= 0.3 is 6.09 Å². The third-order valence-electron chi connectivity index (χ3n) is 0.372. The quantitative estimate of drug-likeness (QED) is 0.360. The van der Waals surface area contributed by atoms with Crippen LogP contribution in [0.4, 0.5) is 4.79 Å². The van der Waals surface area contributed by atoms with E-state index in [1.165, 1.54) is 0 Å². The van der Waals surface area contributed by atoms with E-state index in [2.05, 4.69) is 37.9 Å². The van der Waals surface area contributed by atoms with Gasteiger partial charge in [-0.25, -0.2) is 4.79 Å². The van der Waals surface area contributed by atoms with Crippen LogP contribution in [-0.2, 0) is 4.79 Å². The van der Waals surface area contributed by atoms with Gasteiger partial charge < -0.3 is 10.8 Å². The summed E-state index contributed by atoms with van der Waals surface area (Å²) < 4.78 is 0.472. The van der Waals surface area contributed by atoms with Crippen molar-refractivity contribution in [3.63, 3.8) is 0 Å². The van der Waals surface area contributed by atoms with Crippen LogP contribution >= 0.6 is 25.6 Å². The molecule has 5 nitrogen and oxygen atoms in total. The number of carbonyl (C=O) groups is 2. The lowest BCUT2D eigenvalue weighted by molar-refractivity contribution is -0.113. The number of nitrogens with two attached hydrogens (primary N) is 1. The second kappa shape index (κ2) is 7.29. The smallest absolute Gasteiger partial charge is 0.427 e. The van der Waals surface area contributed by atoms with Crippen molar-refractivity contribution in [2.45, 2.75) is 0 Å². The fourth-order valence-electron chi connectivity index (χ4n) is 0. The Bertz CT molecular complexity index is 159. The van der Waals surface area contributed by atoms with Gasteiger partial charge in [-0.3, -0.25) is 4.79 Å². The Hall–Kier alpha value is -0.820. The highest BCUT2D eigenvalue weighted by molar-refractivity contribution is 7.94. The molecular weight excluding hydrogens is 188 g/mol. The first-order valence-electron chi connectivity index (χ1n) is 2.24. The molecule has 0 heterocycles. The van der Waals surface area contributed by atoms with Crippen LogP contribution < -0.4 is 5.73 Å². The van der Waals surface area contributed by atoms with Crippen molar-refractivity contribution in [1.29, 1.82) is 0 Å². The van der Waals surface area contributed by atoms with Crippen molar-refractivity contribution in [2.24, 2.45) is 5.73 Å². The Kier molecular flexibility index (Phi) is 8.50. The Morgan fingerprint density at radius 1 is 1.55 bits per heavy atom. The van der Waals surface area contributed by atoms with Crippen LogP contribution in [-0.4, -0.2) is 20.8 Å². The van der Waals surface area contributed by atoms with Crippen LogP contribution in [0, 0.1) is 0 Å². The maximum atomic E-state index is 9.47. The number of carboxylic acid groups (broad SMARTS) is 1. The molecule has 2 amide bonds. The number of thiol groups is 2. The SMILES string of the molecule is C=CC(N)=O.O=C(O)N(S)S. The number of amides is 2. The normalized spacial score (nSPS) is 7.09. The number of carbonyl (C=O) groups excluding carboxylic acids is 1. The van der Waals surface area contributed by atoms with E-state index in [1.807, 2.05) is 0 Å². The van der Waals surface area contributed by atoms with E-state index in [1.54, 1.807) is 0 Å². The first-order valence-corrected chi connectivity index (χ1v) is 3.04. The van der Waals surface area contributed by atoms with Gasteiger partial charge in [0.2, 0.25) is 5.91 Å². The molecule has 0 aromatic rings. The minimum Gasteiger partial charge on any atom is -0.464 e. The van der Waals surface area contributed by atoms with Gasteiger partial charge in [-0.1, -0.05) is 6.58 Å². The fraction of sp³-hybridized carbons (Fsp3) is 0. The van der Waals surface area contributed by atoms with E-state index in [0.29, 0.717) is 3.71 Å². The van der Waals surface area contributed by atoms with Gasteiger partial charge in [-0.05, 0) is 31.7 Å². The Balaban J connectivity index is 0. The van der Waals surface area contributed by atoms with Crippen molar-refractivity contribution in [3.05, 3.63) is 12.7 Å². The number of nitrogens with zero attached hydrogens (tertiary/aromatic N) is 1. The van der Waals surface area contributed by atoms with Crippen LogP contribution in [0.2, 0.25) is 0 Å². The lowest BCUT2D eigenvalue weighted by Crippen LogP contribution is -2.05. The number of hydrogen-bond donors (Lipinski definition) is 4. The Morgan fingerprint density at radius 3 is 1.73 bits per heavy atom. The van der Waals surface area contributed by atoms with Gasteiger partial charge in [0, 0.05) is 0 Å². The predicted molar refractivity (Wildman–Crippen MR) is 47.2 cm³/mol. The molecule has 64 valence electrons.